The number of alkyl halides is 3. The molecule has 0 bridgehead atoms. The molecule has 0 radical (unpaired) electrons. The highest BCUT2D eigenvalue weighted by Gasteiger charge is 2.32. The molecule has 2 aromatic rings. The van der Waals surface area contributed by atoms with Gasteiger partial charge in [-0.1, -0.05) is 0 Å². The van der Waals surface area contributed by atoms with Gasteiger partial charge in [-0.3, -0.25) is 4.98 Å². The molecule has 0 amide bonds. The molecule has 0 fully saturated rings. The Labute approximate surface area is 111 Å². The first-order valence-corrected chi connectivity index (χ1v) is 5.49. The lowest BCUT2D eigenvalue weighted by molar-refractivity contribution is -0.141. The average molecular weight is 287 g/mol. The van der Waals surface area contributed by atoms with Gasteiger partial charge >= 0.3 is 6.18 Å². The SMILES string of the molecule is COc1cncc(-c2cc(C(F)(F)F)[nH]c(=S)n2)c1. The Morgan fingerprint density at radius 1 is 1.26 bits per heavy atom. The largest absolute Gasteiger partial charge is 0.495 e. The molecule has 2 aromatic heterocycles. The van der Waals surface area contributed by atoms with Crippen LogP contribution in [0.4, 0.5) is 13.2 Å². The maximum Gasteiger partial charge on any atom is 0.431 e. The number of hydrogen-bond donors (Lipinski definition) is 1. The van der Waals surface area contributed by atoms with E-state index in [4.69, 9.17) is 17.0 Å². The van der Waals surface area contributed by atoms with Gasteiger partial charge in [-0.15, -0.1) is 0 Å². The second-order valence-electron chi connectivity index (χ2n) is 3.60. The Hall–Kier alpha value is -1.96. The van der Waals surface area contributed by atoms with Crippen molar-refractivity contribution in [1.82, 2.24) is 15.0 Å². The van der Waals surface area contributed by atoms with Crippen LogP contribution in [-0.4, -0.2) is 22.1 Å². The summed E-state index contributed by atoms with van der Waals surface area (Å²) < 4.78 is 42.7. The monoisotopic (exact) mass is 287 g/mol. The number of hydrogen-bond acceptors (Lipinski definition) is 4. The molecule has 0 spiro atoms. The normalized spacial score (nSPS) is 11.4. The van der Waals surface area contributed by atoms with Crippen LogP contribution < -0.4 is 4.74 Å². The van der Waals surface area contributed by atoms with Crippen LogP contribution in [0.15, 0.2) is 24.5 Å². The van der Waals surface area contributed by atoms with Crippen LogP contribution in [0.2, 0.25) is 0 Å². The summed E-state index contributed by atoms with van der Waals surface area (Å²) in [5.41, 5.74) is -0.474. The smallest absolute Gasteiger partial charge is 0.431 e. The number of H-pyrrole nitrogens is 1. The molecule has 0 atom stereocenters. The van der Waals surface area contributed by atoms with E-state index < -0.39 is 11.9 Å². The Morgan fingerprint density at radius 2 is 2.00 bits per heavy atom. The fourth-order valence-corrected chi connectivity index (χ4v) is 1.64. The predicted octanol–water partition coefficient (Wildman–Crippen LogP) is 3.23. The highest BCUT2D eigenvalue weighted by atomic mass is 32.1. The third kappa shape index (κ3) is 3.08. The number of rotatable bonds is 2. The van der Waals surface area contributed by atoms with E-state index >= 15 is 0 Å². The molecule has 0 unspecified atom stereocenters. The molecule has 0 aliphatic rings. The van der Waals surface area contributed by atoms with Crippen LogP contribution in [0, 0.1) is 4.77 Å². The highest BCUT2D eigenvalue weighted by molar-refractivity contribution is 7.71. The van der Waals surface area contributed by atoms with Gasteiger partial charge < -0.3 is 9.72 Å². The lowest BCUT2D eigenvalue weighted by atomic mass is 10.2. The number of nitrogens with zero attached hydrogens (tertiary/aromatic N) is 2. The van der Waals surface area contributed by atoms with Crippen LogP contribution >= 0.6 is 12.2 Å². The first-order valence-electron chi connectivity index (χ1n) is 5.08. The Bertz CT molecular complexity index is 654. The zero-order valence-electron chi connectivity index (χ0n) is 9.65. The van der Waals surface area contributed by atoms with E-state index in [1.807, 2.05) is 4.98 Å². The lowest BCUT2D eigenvalue weighted by Gasteiger charge is -2.08. The van der Waals surface area contributed by atoms with Crippen molar-refractivity contribution < 1.29 is 17.9 Å². The summed E-state index contributed by atoms with van der Waals surface area (Å²) >= 11 is 4.70. The molecule has 0 aromatic carbocycles. The molecule has 19 heavy (non-hydrogen) atoms. The first kappa shape index (κ1) is 13.5. The summed E-state index contributed by atoms with van der Waals surface area (Å²) in [7, 11) is 1.44. The Balaban J connectivity index is 2.56. The Kier molecular flexibility index (Phi) is 3.52. The number of aromatic nitrogens is 3. The van der Waals surface area contributed by atoms with Crippen LogP contribution in [0.3, 0.4) is 0 Å². The summed E-state index contributed by atoms with van der Waals surface area (Å²) in [6.07, 6.45) is -1.69. The van der Waals surface area contributed by atoms with Gasteiger partial charge in [0.15, 0.2) is 4.77 Å². The number of ether oxygens (including phenoxy) is 1. The molecule has 0 saturated carbocycles. The Morgan fingerprint density at radius 3 is 2.63 bits per heavy atom. The molecule has 100 valence electrons. The molecular weight excluding hydrogens is 279 g/mol. The number of halogens is 3. The van der Waals surface area contributed by atoms with Crippen molar-refractivity contribution in [2.45, 2.75) is 6.18 Å². The molecule has 0 saturated heterocycles. The first-order chi connectivity index (χ1) is 8.90. The van der Waals surface area contributed by atoms with E-state index in [0.717, 1.165) is 6.07 Å². The number of methoxy groups -OCH3 is 1. The van der Waals surface area contributed by atoms with Crippen LogP contribution in [0.25, 0.3) is 11.3 Å². The molecular formula is C11H8F3N3OS. The predicted molar refractivity (Wildman–Crippen MR) is 64.2 cm³/mol. The van der Waals surface area contributed by atoms with Crippen molar-refractivity contribution in [3.63, 3.8) is 0 Å². The van der Waals surface area contributed by atoms with Gasteiger partial charge in [0.25, 0.3) is 0 Å². The van der Waals surface area contributed by atoms with E-state index in [1.54, 1.807) is 0 Å². The zero-order chi connectivity index (χ0) is 14.0. The molecule has 4 nitrogen and oxygen atoms in total. The van der Waals surface area contributed by atoms with Crippen molar-refractivity contribution in [3.8, 4) is 17.0 Å². The minimum Gasteiger partial charge on any atom is -0.495 e. The molecule has 0 aliphatic carbocycles. The van der Waals surface area contributed by atoms with Crippen molar-refractivity contribution in [2.75, 3.05) is 7.11 Å². The van der Waals surface area contributed by atoms with Crippen molar-refractivity contribution in [1.29, 1.82) is 0 Å². The summed E-state index contributed by atoms with van der Waals surface area (Å²) in [4.78, 5) is 9.73. The molecule has 2 rings (SSSR count). The standard InChI is InChI=1S/C11H8F3N3OS/c1-18-7-2-6(4-15-5-7)8-3-9(11(12,13)14)17-10(19)16-8/h2-5H,1H3,(H,16,17,19). The quantitative estimate of drug-likeness (QED) is 0.862. The summed E-state index contributed by atoms with van der Waals surface area (Å²) in [5, 5.41) is 0. The highest BCUT2D eigenvalue weighted by Crippen LogP contribution is 2.30. The number of nitrogens with one attached hydrogen (secondary N) is 1. The molecule has 1 N–H and O–H groups in total. The van der Waals surface area contributed by atoms with Crippen LogP contribution in [0.5, 0.6) is 5.75 Å². The zero-order valence-corrected chi connectivity index (χ0v) is 10.5. The van der Waals surface area contributed by atoms with E-state index in [-0.39, 0.29) is 10.5 Å². The minimum atomic E-state index is -4.52. The maximum absolute atomic E-state index is 12.7. The van der Waals surface area contributed by atoms with Gasteiger partial charge in [0.2, 0.25) is 0 Å². The summed E-state index contributed by atoms with van der Waals surface area (Å²) in [5.74, 6) is 0.423. The minimum absolute atomic E-state index is 0.0856. The summed E-state index contributed by atoms with van der Waals surface area (Å²) in [6.45, 7) is 0. The fraction of sp³-hybridized carbons (Fsp3) is 0.182. The summed E-state index contributed by atoms with van der Waals surface area (Å²) in [6, 6.07) is 2.41. The van der Waals surface area contributed by atoms with Gasteiger partial charge in [0.1, 0.15) is 11.4 Å². The van der Waals surface area contributed by atoms with Crippen LogP contribution in [-0.2, 0) is 6.18 Å². The van der Waals surface area contributed by atoms with Crippen molar-refractivity contribution in [2.24, 2.45) is 0 Å². The van der Waals surface area contributed by atoms with Crippen molar-refractivity contribution >= 4 is 12.2 Å². The fourth-order valence-electron chi connectivity index (χ4n) is 1.43. The van der Waals surface area contributed by atoms with Gasteiger partial charge in [-0.05, 0) is 24.4 Å². The van der Waals surface area contributed by atoms with Gasteiger partial charge in [-0.25, -0.2) is 4.98 Å². The second kappa shape index (κ2) is 4.96. The topological polar surface area (TPSA) is 50.8 Å². The van der Waals surface area contributed by atoms with Crippen molar-refractivity contribution in [3.05, 3.63) is 35.0 Å². The van der Waals surface area contributed by atoms with E-state index in [9.17, 15) is 13.2 Å². The third-order valence-electron chi connectivity index (χ3n) is 2.29. The third-order valence-corrected chi connectivity index (χ3v) is 2.49. The van der Waals surface area contributed by atoms with E-state index in [2.05, 4.69) is 9.97 Å². The molecule has 2 heterocycles. The number of aromatic amines is 1. The maximum atomic E-state index is 12.7. The van der Waals surface area contributed by atoms with E-state index in [0.29, 0.717) is 11.3 Å². The average Bonchev–Trinajstić information content (AvgIpc) is 2.37. The molecule has 8 heteroatoms. The van der Waals surface area contributed by atoms with Gasteiger partial charge in [0, 0.05) is 11.8 Å². The lowest BCUT2D eigenvalue weighted by Crippen LogP contribution is -2.09. The van der Waals surface area contributed by atoms with Gasteiger partial charge in [-0.2, -0.15) is 13.2 Å². The van der Waals surface area contributed by atoms with Crippen LogP contribution in [0.1, 0.15) is 5.69 Å². The molecule has 0 aliphatic heterocycles. The van der Waals surface area contributed by atoms with Gasteiger partial charge in [0.05, 0.1) is 19.0 Å². The second-order valence-corrected chi connectivity index (χ2v) is 3.98. The van der Waals surface area contributed by atoms with E-state index in [1.165, 1.54) is 25.6 Å². The number of pyridine rings is 1.